The number of benzene rings is 1. The number of aromatic nitrogens is 1. The van der Waals surface area contributed by atoms with Crippen LogP contribution in [0.5, 0.6) is 5.88 Å². The Morgan fingerprint density at radius 2 is 1.65 bits per heavy atom. The molecule has 0 aliphatic heterocycles. The first-order chi connectivity index (χ1) is 19.3. The number of esters is 2. The van der Waals surface area contributed by atoms with Gasteiger partial charge < -0.3 is 14.6 Å². The SMILES string of the molecule is CCOC(=O)c1c(N=Cc2c(O)n(-c3sc4c(c3C(=O)OCC)CCCC4)c(=O)c3ccccc23)sc(C)c1C. The Balaban J connectivity index is 1.75. The first kappa shape index (κ1) is 27.8. The van der Waals surface area contributed by atoms with Crippen molar-refractivity contribution in [1.29, 1.82) is 0 Å². The summed E-state index contributed by atoms with van der Waals surface area (Å²) in [5.41, 5.74) is 2.26. The highest BCUT2D eigenvalue weighted by Crippen LogP contribution is 2.40. The van der Waals surface area contributed by atoms with Gasteiger partial charge >= 0.3 is 11.9 Å². The number of aryl methyl sites for hydroxylation is 2. The molecule has 0 bridgehead atoms. The molecule has 40 heavy (non-hydrogen) atoms. The van der Waals surface area contributed by atoms with Crippen molar-refractivity contribution in [3.63, 3.8) is 0 Å². The topological polar surface area (TPSA) is 107 Å². The van der Waals surface area contributed by atoms with Gasteiger partial charge in [0.2, 0.25) is 5.88 Å². The molecule has 1 aliphatic carbocycles. The maximum absolute atomic E-state index is 13.8. The van der Waals surface area contributed by atoms with E-state index in [1.165, 1.54) is 33.5 Å². The monoisotopic (exact) mass is 578 g/mol. The number of pyridine rings is 1. The zero-order valence-electron chi connectivity index (χ0n) is 22.8. The van der Waals surface area contributed by atoms with Crippen LogP contribution in [0.2, 0.25) is 0 Å². The van der Waals surface area contributed by atoms with Crippen LogP contribution in [-0.2, 0) is 22.3 Å². The van der Waals surface area contributed by atoms with Crippen molar-refractivity contribution in [1.82, 2.24) is 4.57 Å². The van der Waals surface area contributed by atoms with E-state index in [2.05, 4.69) is 4.99 Å². The molecule has 1 aromatic carbocycles. The summed E-state index contributed by atoms with van der Waals surface area (Å²) in [7, 11) is 0. The van der Waals surface area contributed by atoms with Crippen molar-refractivity contribution in [3.05, 3.63) is 72.2 Å². The Morgan fingerprint density at radius 3 is 2.35 bits per heavy atom. The van der Waals surface area contributed by atoms with Gasteiger partial charge in [-0.15, -0.1) is 22.7 Å². The lowest BCUT2D eigenvalue weighted by atomic mass is 9.95. The molecule has 1 N–H and O–H groups in total. The van der Waals surface area contributed by atoms with Gasteiger partial charge in [-0.3, -0.25) is 4.79 Å². The summed E-state index contributed by atoms with van der Waals surface area (Å²) in [5.74, 6) is -1.30. The van der Waals surface area contributed by atoms with E-state index in [-0.39, 0.29) is 19.1 Å². The maximum atomic E-state index is 13.8. The summed E-state index contributed by atoms with van der Waals surface area (Å²) < 4.78 is 11.8. The normalized spacial score (nSPS) is 13.1. The summed E-state index contributed by atoms with van der Waals surface area (Å²) in [5, 5.41) is 13.3. The number of aliphatic imine (C=N–C) groups is 1. The molecule has 3 aromatic heterocycles. The lowest BCUT2D eigenvalue weighted by Gasteiger charge is -2.15. The van der Waals surface area contributed by atoms with Crippen molar-refractivity contribution >= 4 is 56.6 Å². The van der Waals surface area contributed by atoms with E-state index in [1.54, 1.807) is 38.1 Å². The van der Waals surface area contributed by atoms with Gasteiger partial charge in [0, 0.05) is 26.7 Å². The number of fused-ring (bicyclic) bond motifs is 2. The Labute approximate surface area is 239 Å². The Kier molecular flexibility index (Phi) is 7.91. The Morgan fingerprint density at radius 1 is 1.00 bits per heavy atom. The highest BCUT2D eigenvalue weighted by molar-refractivity contribution is 7.16. The van der Waals surface area contributed by atoms with Crippen LogP contribution in [-0.4, -0.2) is 41.0 Å². The molecule has 0 spiro atoms. The first-order valence-electron chi connectivity index (χ1n) is 13.3. The van der Waals surface area contributed by atoms with Gasteiger partial charge in [-0.05, 0) is 70.6 Å². The second-order valence-corrected chi connectivity index (χ2v) is 11.8. The number of thiophene rings is 2. The van der Waals surface area contributed by atoms with E-state index in [9.17, 15) is 19.5 Å². The molecule has 8 nitrogen and oxygen atoms in total. The number of nitrogens with zero attached hydrogens (tertiary/aromatic N) is 2. The van der Waals surface area contributed by atoms with E-state index in [4.69, 9.17) is 9.47 Å². The predicted octanol–water partition coefficient (Wildman–Crippen LogP) is 6.42. The molecular weight excluding hydrogens is 548 g/mol. The van der Waals surface area contributed by atoms with Crippen molar-refractivity contribution in [3.8, 4) is 10.9 Å². The molecule has 4 aromatic rings. The summed E-state index contributed by atoms with van der Waals surface area (Å²) in [6.07, 6.45) is 4.92. The fraction of sp³-hybridized carbons (Fsp3) is 0.333. The van der Waals surface area contributed by atoms with E-state index in [0.29, 0.717) is 43.9 Å². The minimum absolute atomic E-state index is 0.196. The molecule has 0 radical (unpaired) electrons. The zero-order valence-corrected chi connectivity index (χ0v) is 24.5. The minimum atomic E-state index is -0.504. The number of aromatic hydroxyl groups is 1. The predicted molar refractivity (Wildman–Crippen MR) is 159 cm³/mol. The fourth-order valence-corrected chi connectivity index (χ4v) is 7.43. The first-order valence-corrected chi connectivity index (χ1v) is 14.9. The van der Waals surface area contributed by atoms with Crippen LogP contribution >= 0.6 is 22.7 Å². The van der Waals surface area contributed by atoms with Crippen LogP contribution in [0.1, 0.15) is 73.8 Å². The van der Waals surface area contributed by atoms with Crippen molar-refractivity contribution in [2.24, 2.45) is 4.99 Å². The lowest BCUT2D eigenvalue weighted by molar-refractivity contribution is 0.0516. The van der Waals surface area contributed by atoms with Crippen LogP contribution < -0.4 is 5.56 Å². The maximum Gasteiger partial charge on any atom is 0.341 e. The van der Waals surface area contributed by atoms with E-state index < -0.39 is 17.5 Å². The highest BCUT2D eigenvalue weighted by Gasteiger charge is 2.30. The molecule has 5 rings (SSSR count). The van der Waals surface area contributed by atoms with Gasteiger partial charge in [0.1, 0.15) is 10.0 Å². The number of carbonyl (C=O) groups excluding carboxylic acids is 2. The number of ether oxygens (including phenoxy) is 2. The van der Waals surface area contributed by atoms with Gasteiger partial charge in [0.25, 0.3) is 5.56 Å². The standard InChI is InChI=1S/C30H30N2O6S2/c1-5-37-29(35)23-16(3)17(4)39-25(23)31-15-21-18-11-7-8-12-19(18)26(33)32(27(21)34)28-24(30(36)38-6-2)20-13-9-10-14-22(20)40-28/h7-8,11-12,15,34H,5-6,9-10,13-14H2,1-4H3. The molecule has 0 unspecified atom stereocenters. The summed E-state index contributed by atoms with van der Waals surface area (Å²) >= 11 is 2.70. The number of rotatable bonds is 7. The molecule has 0 atom stereocenters. The molecule has 0 saturated heterocycles. The van der Waals surface area contributed by atoms with Crippen LogP contribution in [0.4, 0.5) is 5.00 Å². The summed E-state index contributed by atoms with van der Waals surface area (Å²) in [6, 6.07) is 6.96. The number of hydrogen-bond acceptors (Lipinski definition) is 9. The van der Waals surface area contributed by atoms with Crippen molar-refractivity contribution < 1.29 is 24.2 Å². The second kappa shape index (κ2) is 11.4. The molecular formula is C30H30N2O6S2. The molecule has 1 aliphatic rings. The quantitative estimate of drug-likeness (QED) is 0.200. The van der Waals surface area contributed by atoms with Gasteiger partial charge in [-0.2, -0.15) is 0 Å². The van der Waals surface area contributed by atoms with Crippen molar-refractivity contribution in [2.45, 2.75) is 53.4 Å². The fourth-order valence-electron chi connectivity index (χ4n) is 5.07. The van der Waals surface area contributed by atoms with Crippen LogP contribution in [0.25, 0.3) is 15.8 Å². The average molecular weight is 579 g/mol. The number of hydrogen-bond donors (Lipinski definition) is 1. The average Bonchev–Trinajstić information content (AvgIpc) is 3.45. The highest BCUT2D eigenvalue weighted by atomic mass is 32.1. The molecule has 0 fully saturated rings. The number of carbonyl (C=O) groups is 2. The molecule has 3 heterocycles. The molecule has 10 heteroatoms. The lowest BCUT2D eigenvalue weighted by Crippen LogP contribution is -2.22. The third kappa shape index (κ3) is 4.75. The zero-order chi connectivity index (χ0) is 28.6. The van der Waals surface area contributed by atoms with E-state index in [1.807, 2.05) is 13.8 Å². The molecule has 0 amide bonds. The minimum Gasteiger partial charge on any atom is -0.494 e. The van der Waals surface area contributed by atoms with Gasteiger partial charge in [-0.1, -0.05) is 18.2 Å². The Hall–Kier alpha value is -3.76. The van der Waals surface area contributed by atoms with Crippen LogP contribution in [0.3, 0.4) is 0 Å². The van der Waals surface area contributed by atoms with Crippen LogP contribution in [0, 0.1) is 13.8 Å². The Bertz CT molecular complexity index is 1730. The summed E-state index contributed by atoms with van der Waals surface area (Å²) in [4.78, 5) is 46.3. The van der Waals surface area contributed by atoms with Gasteiger partial charge in [-0.25, -0.2) is 19.1 Å². The third-order valence-corrected chi connectivity index (χ3v) is 9.49. The van der Waals surface area contributed by atoms with E-state index >= 15 is 0 Å². The molecule has 208 valence electrons. The van der Waals surface area contributed by atoms with Gasteiger partial charge in [0.05, 0.1) is 29.9 Å². The van der Waals surface area contributed by atoms with E-state index in [0.717, 1.165) is 40.1 Å². The largest absolute Gasteiger partial charge is 0.494 e. The molecule has 0 saturated carbocycles. The van der Waals surface area contributed by atoms with Crippen LogP contribution in [0.15, 0.2) is 34.1 Å². The smallest absolute Gasteiger partial charge is 0.341 e. The second-order valence-electron chi connectivity index (χ2n) is 9.48. The van der Waals surface area contributed by atoms with Gasteiger partial charge in [0.15, 0.2) is 0 Å². The van der Waals surface area contributed by atoms with Crippen molar-refractivity contribution in [2.75, 3.05) is 13.2 Å². The summed E-state index contributed by atoms with van der Waals surface area (Å²) in [6.45, 7) is 7.67. The third-order valence-electron chi connectivity index (χ3n) is 7.10.